The number of benzene rings is 1. The van der Waals surface area contributed by atoms with E-state index in [-0.39, 0.29) is 42.8 Å². The van der Waals surface area contributed by atoms with Gasteiger partial charge in [0.1, 0.15) is 6.04 Å². The lowest BCUT2D eigenvalue weighted by molar-refractivity contribution is -0.126. The maximum Gasteiger partial charge on any atom is 0.239 e. The molecule has 5 nitrogen and oxygen atoms in total. The second-order valence-corrected chi connectivity index (χ2v) is 5.22. The van der Waals surface area contributed by atoms with Crippen LogP contribution in [0.2, 0.25) is 0 Å². The molecule has 0 bridgehead atoms. The van der Waals surface area contributed by atoms with Crippen LogP contribution < -0.4 is 10.6 Å². The lowest BCUT2D eigenvalue weighted by atomic mass is 10.1. The molecule has 2 N–H and O–H groups in total. The molecular weight excluding hydrogens is 325 g/mol. The third-order valence-corrected chi connectivity index (χ3v) is 3.52. The summed E-state index contributed by atoms with van der Waals surface area (Å²) in [5.41, 5.74) is 1.20. The summed E-state index contributed by atoms with van der Waals surface area (Å²) in [7, 11) is 4.04. The number of carbonyl (C=O) groups excluding carboxylic acids is 1. The van der Waals surface area contributed by atoms with Gasteiger partial charge < -0.3 is 20.3 Å². The van der Waals surface area contributed by atoms with Gasteiger partial charge in [0.05, 0.1) is 19.3 Å². The monoisotopic (exact) mass is 349 g/mol. The van der Waals surface area contributed by atoms with Crippen molar-refractivity contribution in [2.24, 2.45) is 0 Å². The van der Waals surface area contributed by atoms with Gasteiger partial charge in [-0.25, -0.2) is 0 Å². The van der Waals surface area contributed by atoms with Crippen molar-refractivity contribution in [2.75, 3.05) is 40.4 Å². The fraction of sp³-hybridized carbons (Fsp3) is 0.533. The molecule has 1 aromatic carbocycles. The van der Waals surface area contributed by atoms with E-state index in [4.69, 9.17) is 4.74 Å². The number of nitrogens with zero attached hydrogens (tertiary/aromatic N) is 1. The molecule has 0 radical (unpaired) electrons. The topological polar surface area (TPSA) is 53.6 Å². The number of carbonyl (C=O) groups is 1. The molecule has 7 heteroatoms. The minimum absolute atomic E-state index is 0. The molecule has 1 fully saturated rings. The molecule has 1 aliphatic rings. The van der Waals surface area contributed by atoms with E-state index >= 15 is 0 Å². The minimum Gasteiger partial charge on any atom is -0.378 e. The van der Waals surface area contributed by atoms with Gasteiger partial charge in [0, 0.05) is 13.1 Å². The maximum atomic E-state index is 12.1. The first-order chi connectivity index (χ1) is 9.68. The number of hydrogen-bond acceptors (Lipinski definition) is 4. The molecule has 1 amide bonds. The van der Waals surface area contributed by atoms with E-state index in [1.165, 1.54) is 5.56 Å². The molecule has 1 aliphatic heterocycles. The van der Waals surface area contributed by atoms with Crippen molar-refractivity contribution >= 4 is 30.7 Å². The molecule has 1 aromatic rings. The highest BCUT2D eigenvalue weighted by atomic mass is 35.5. The zero-order valence-corrected chi connectivity index (χ0v) is 14.6. The number of morpholine rings is 1. The minimum atomic E-state index is -0.234. The van der Waals surface area contributed by atoms with Crippen LogP contribution in [0.25, 0.3) is 0 Å². The standard InChI is InChI=1S/C15H23N3O2.2ClH/c1-18(2)14(12-6-4-3-5-7-12)10-17-15(19)13-11-20-9-8-16-13;;/h3-7,13-14,16H,8-11H2,1-2H3,(H,17,19);2*1H. The third-order valence-electron chi connectivity index (χ3n) is 3.52. The van der Waals surface area contributed by atoms with Gasteiger partial charge >= 0.3 is 0 Å². The van der Waals surface area contributed by atoms with Crippen molar-refractivity contribution < 1.29 is 9.53 Å². The van der Waals surface area contributed by atoms with E-state index in [1.54, 1.807) is 0 Å². The summed E-state index contributed by atoms with van der Waals surface area (Å²) in [6.45, 7) is 2.44. The van der Waals surface area contributed by atoms with Crippen LogP contribution in [0.15, 0.2) is 30.3 Å². The normalized spacial score (nSPS) is 18.8. The quantitative estimate of drug-likeness (QED) is 0.839. The predicted molar refractivity (Wildman–Crippen MR) is 93.0 cm³/mol. The fourth-order valence-corrected chi connectivity index (χ4v) is 2.33. The summed E-state index contributed by atoms with van der Waals surface area (Å²) in [5, 5.41) is 6.17. The molecule has 0 aromatic heterocycles. The van der Waals surface area contributed by atoms with Crippen molar-refractivity contribution in [3.05, 3.63) is 35.9 Å². The van der Waals surface area contributed by atoms with Crippen LogP contribution in [0.4, 0.5) is 0 Å². The second kappa shape index (κ2) is 10.8. The Hall–Kier alpha value is -0.850. The summed E-state index contributed by atoms with van der Waals surface area (Å²) in [6.07, 6.45) is 0. The van der Waals surface area contributed by atoms with Gasteiger partial charge in [-0.2, -0.15) is 0 Å². The number of nitrogens with one attached hydrogen (secondary N) is 2. The van der Waals surface area contributed by atoms with Gasteiger partial charge in [-0.1, -0.05) is 30.3 Å². The SMILES string of the molecule is CN(C)C(CNC(=O)C1COCCN1)c1ccccc1.Cl.Cl. The van der Waals surface area contributed by atoms with Crippen LogP contribution in [-0.4, -0.2) is 57.2 Å². The largest absolute Gasteiger partial charge is 0.378 e. The van der Waals surface area contributed by atoms with Gasteiger partial charge in [0.25, 0.3) is 0 Å². The Morgan fingerprint density at radius 1 is 1.36 bits per heavy atom. The van der Waals surface area contributed by atoms with Crippen molar-refractivity contribution in [1.29, 1.82) is 0 Å². The molecule has 0 saturated carbocycles. The molecule has 0 spiro atoms. The Balaban J connectivity index is 0.00000220. The van der Waals surface area contributed by atoms with Gasteiger partial charge in [0.2, 0.25) is 5.91 Å². The van der Waals surface area contributed by atoms with Crippen LogP contribution in [0, 0.1) is 0 Å². The molecule has 1 saturated heterocycles. The summed E-state index contributed by atoms with van der Waals surface area (Å²) in [5.74, 6) is 0.00693. The average Bonchev–Trinajstić information content (AvgIpc) is 2.49. The molecule has 1 heterocycles. The first kappa shape index (κ1) is 21.1. The first-order valence-electron chi connectivity index (χ1n) is 6.98. The summed E-state index contributed by atoms with van der Waals surface area (Å²) >= 11 is 0. The van der Waals surface area contributed by atoms with Crippen LogP contribution in [0.1, 0.15) is 11.6 Å². The van der Waals surface area contributed by atoms with Crippen molar-refractivity contribution in [3.8, 4) is 0 Å². The Morgan fingerprint density at radius 3 is 2.59 bits per heavy atom. The second-order valence-electron chi connectivity index (χ2n) is 5.22. The van der Waals surface area contributed by atoms with E-state index in [0.717, 1.165) is 6.54 Å². The number of rotatable bonds is 5. The molecule has 2 atom stereocenters. The van der Waals surface area contributed by atoms with E-state index in [2.05, 4.69) is 27.7 Å². The zero-order chi connectivity index (χ0) is 14.4. The first-order valence-corrected chi connectivity index (χ1v) is 6.98. The number of halogens is 2. The van der Waals surface area contributed by atoms with Crippen LogP contribution in [-0.2, 0) is 9.53 Å². The van der Waals surface area contributed by atoms with Crippen LogP contribution in [0.3, 0.4) is 0 Å². The Kier molecular flexibility index (Phi) is 10.4. The highest BCUT2D eigenvalue weighted by Crippen LogP contribution is 2.16. The van der Waals surface area contributed by atoms with E-state index in [0.29, 0.717) is 19.8 Å². The van der Waals surface area contributed by atoms with Crippen LogP contribution in [0.5, 0.6) is 0 Å². The zero-order valence-electron chi connectivity index (χ0n) is 13.0. The summed E-state index contributed by atoms with van der Waals surface area (Å²) in [6, 6.07) is 10.1. The predicted octanol–water partition coefficient (Wildman–Crippen LogP) is 1.24. The van der Waals surface area contributed by atoms with Gasteiger partial charge in [-0.15, -0.1) is 24.8 Å². The molecule has 22 heavy (non-hydrogen) atoms. The Bertz CT molecular complexity index is 426. The van der Waals surface area contributed by atoms with Gasteiger partial charge in [-0.3, -0.25) is 4.79 Å². The summed E-state index contributed by atoms with van der Waals surface area (Å²) < 4.78 is 5.31. The lowest BCUT2D eigenvalue weighted by Crippen LogP contribution is -2.52. The Labute approximate surface area is 144 Å². The number of likely N-dealkylation sites (N-methyl/N-ethyl adjacent to an activating group) is 1. The molecule has 0 aliphatic carbocycles. The highest BCUT2D eigenvalue weighted by Gasteiger charge is 2.22. The van der Waals surface area contributed by atoms with E-state index < -0.39 is 0 Å². The van der Waals surface area contributed by atoms with Crippen LogP contribution >= 0.6 is 24.8 Å². The molecule has 2 rings (SSSR count). The summed E-state index contributed by atoms with van der Waals surface area (Å²) in [4.78, 5) is 14.2. The average molecular weight is 350 g/mol. The van der Waals surface area contributed by atoms with Gasteiger partial charge in [0.15, 0.2) is 0 Å². The van der Waals surface area contributed by atoms with Crippen molar-refractivity contribution in [2.45, 2.75) is 12.1 Å². The number of ether oxygens (including phenoxy) is 1. The molecular formula is C15H25Cl2N3O2. The van der Waals surface area contributed by atoms with Crippen molar-refractivity contribution in [1.82, 2.24) is 15.5 Å². The number of hydrogen-bond donors (Lipinski definition) is 2. The Morgan fingerprint density at radius 2 is 2.05 bits per heavy atom. The van der Waals surface area contributed by atoms with Gasteiger partial charge in [-0.05, 0) is 19.7 Å². The lowest BCUT2D eigenvalue weighted by Gasteiger charge is -2.27. The molecule has 2 unspecified atom stereocenters. The number of amides is 1. The fourth-order valence-electron chi connectivity index (χ4n) is 2.33. The highest BCUT2D eigenvalue weighted by molar-refractivity contribution is 5.85. The van der Waals surface area contributed by atoms with Crippen molar-refractivity contribution in [3.63, 3.8) is 0 Å². The smallest absolute Gasteiger partial charge is 0.239 e. The molecule has 126 valence electrons. The maximum absolute atomic E-state index is 12.1. The van der Waals surface area contributed by atoms with E-state index in [9.17, 15) is 4.79 Å². The van der Waals surface area contributed by atoms with E-state index in [1.807, 2.05) is 32.3 Å². The third kappa shape index (κ3) is 6.10.